The maximum atomic E-state index is 12.6. The van der Waals surface area contributed by atoms with E-state index in [2.05, 4.69) is 16.7 Å². The van der Waals surface area contributed by atoms with E-state index >= 15 is 0 Å². The predicted molar refractivity (Wildman–Crippen MR) is 98.6 cm³/mol. The molecule has 5 heteroatoms. The van der Waals surface area contributed by atoms with Crippen LogP contribution in [0.4, 0.5) is 5.69 Å². The zero-order valence-corrected chi connectivity index (χ0v) is 15.5. The number of anilines is 1. The van der Waals surface area contributed by atoms with Gasteiger partial charge in [0.05, 0.1) is 5.60 Å². The first-order chi connectivity index (χ1) is 11.3. The standard InChI is InChI=1S/C19H31N3O2/c1-5-20-11-13-22(14-12-20)17-9-7-16(8-10-17)18(23)21(6-2)15-19(3,4)24/h7-10,24H,5-6,11-15H2,1-4H3. The third-order valence-corrected chi connectivity index (χ3v) is 4.55. The highest BCUT2D eigenvalue weighted by Crippen LogP contribution is 2.19. The summed E-state index contributed by atoms with van der Waals surface area (Å²) in [5, 5.41) is 9.97. The Kier molecular flexibility index (Phi) is 6.24. The molecule has 0 saturated carbocycles. The van der Waals surface area contributed by atoms with E-state index in [1.807, 2.05) is 31.2 Å². The summed E-state index contributed by atoms with van der Waals surface area (Å²) in [5.74, 6) is -0.0259. The molecule has 1 N–H and O–H groups in total. The third-order valence-electron chi connectivity index (χ3n) is 4.55. The Morgan fingerprint density at radius 3 is 2.17 bits per heavy atom. The van der Waals surface area contributed by atoms with Crippen LogP contribution in [0.15, 0.2) is 24.3 Å². The molecule has 0 unspecified atom stereocenters. The van der Waals surface area contributed by atoms with E-state index in [-0.39, 0.29) is 5.91 Å². The number of hydrogen-bond donors (Lipinski definition) is 1. The number of carbonyl (C=O) groups is 1. The SMILES string of the molecule is CCN1CCN(c2ccc(C(=O)N(CC)CC(C)(C)O)cc2)CC1. The molecule has 134 valence electrons. The molecule has 2 rings (SSSR count). The lowest BCUT2D eigenvalue weighted by Gasteiger charge is -2.35. The summed E-state index contributed by atoms with van der Waals surface area (Å²) in [7, 11) is 0. The quantitative estimate of drug-likeness (QED) is 0.866. The van der Waals surface area contributed by atoms with E-state index in [0.29, 0.717) is 18.7 Å². The van der Waals surface area contributed by atoms with Gasteiger partial charge in [0.2, 0.25) is 0 Å². The first kappa shape index (κ1) is 18.7. The fourth-order valence-corrected chi connectivity index (χ4v) is 3.11. The van der Waals surface area contributed by atoms with Crippen molar-refractivity contribution in [2.45, 2.75) is 33.3 Å². The summed E-state index contributed by atoms with van der Waals surface area (Å²) in [6, 6.07) is 7.87. The van der Waals surface area contributed by atoms with Crippen molar-refractivity contribution >= 4 is 11.6 Å². The summed E-state index contributed by atoms with van der Waals surface area (Å²) in [5.41, 5.74) is 0.967. The van der Waals surface area contributed by atoms with Crippen molar-refractivity contribution in [3.8, 4) is 0 Å². The number of likely N-dealkylation sites (N-methyl/N-ethyl adjacent to an activating group) is 2. The minimum Gasteiger partial charge on any atom is -0.389 e. The minimum atomic E-state index is -0.884. The van der Waals surface area contributed by atoms with Crippen LogP contribution in [0, 0.1) is 0 Å². The van der Waals surface area contributed by atoms with Gasteiger partial charge >= 0.3 is 0 Å². The van der Waals surface area contributed by atoms with Gasteiger partial charge in [-0.1, -0.05) is 6.92 Å². The first-order valence-electron chi connectivity index (χ1n) is 8.93. The summed E-state index contributed by atoms with van der Waals surface area (Å²) in [4.78, 5) is 19.1. The molecular formula is C19H31N3O2. The smallest absolute Gasteiger partial charge is 0.253 e. The summed E-state index contributed by atoms with van der Waals surface area (Å²) in [6.07, 6.45) is 0. The lowest BCUT2D eigenvalue weighted by atomic mass is 10.1. The molecule has 1 aliphatic rings. The molecule has 5 nitrogen and oxygen atoms in total. The lowest BCUT2D eigenvalue weighted by Crippen LogP contribution is -2.46. The van der Waals surface area contributed by atoms with Crippen molar-refractivity contribution in [3.63, 3.8) is 0 Å². The van der Waals surface area contributed by atoms with E-state index in [1.54, 1.807) is 18.7 Å². The summed E-state index contributed by atoms with van der Waals surface area (Å²) < 4.78 is 0. The summed E-state index contributed by atoms with van der Waals surface area (Å²) >= 11 is 0. The molecule has 0 radical (unpaired) electrons. The zero-order valence-electron chi connectivity index (χ0n) is 15.5. The highest BCUT2D eigenvalue weighted by Gasteiger charge is 2.22. The zero-order chi connectivity index (χ0) is 17.7. The number of aliphatic hydroxyl groups is 1. The average molecular weight is 333 g/mol. The third kappa shape index (κ3) is 4.95. The molecule has 1 saturated heterocycles. The highest BCUT2D eigenvalue weighted by molar-refractivity contribution is 5.94. The molecule has 1 aromatic rings. The summed E-state index contributed by atoms with van der Waals surface area (Å²) in [6.45, 7) is 13.8. The second-order valence-electron chi connectivity index (χ2n) is 7.10. The molecule has 1 aromatic carbocycles. The Morgan fingerprint density at radius 2 is 1.71 bits per heavy atom. The van der Waals surface area contributed by atoms with E-state index in [0.717, 1.165) is 32.7 Å². The van der Waals surface area contributed by atoms with E-state index < -0.39 is 5.60 Å². The van der Waals surface area contributed by atoms with Gasteiger partial charge in [-0.2, -0.15) is 0 Å². The van der Waals surface area contributed by atoms with Crippen molar-refractivity contribution in [3.05, 3.63) is 29.8 Å². The average Bonchev–Trinajstić information content (AvgIpc) is 2.58. The molecular weight excluding hydrogens is 302 g/mol. The second-order valence-corrected chi connectivity index (χ2v) is 7.10. The van der Waals surface area contributed by atoms with Gasteiger partial charge in [0.1, 0.15) is 0 Å². The minimum absolute atomic E-state index is 0.0259. The molecule has 1 heterocycles. The van der Waals surface area contributed by atoms with Crippen LogP contribution in [0.1, 0.15) is 38.1 Å². The van der Waals surface area contributed by atoms with Gasteiger partial charge in [-0.05, 0) is 51.6 Å². The van der Waals surface area contributed by atoms with Gasteiger partial charge in [0.15, 0.2) is 0 Å². The Morgan fingerprint density at radius 1 is 1.12 bits per heavy atom. The van der Waals surface area contributed by atoms with Gasteiger partial charge in [0, 0.05) is 50.5 Å². The Hall–Kier alpha value is -1.59. The van der Waals surface area contributed by atoms with Crippen LogP contribution in [0.3, 0.4) is 0 Å². The Balaban J connectivity index is 2.02. The number of amides is 1. The normalized spacial score (nSPS) is 16.3. The van der Waals surface area contributed by atoms with Crippen molar-refractivity contribution in [2.75, 3.05) is 50.7 Å². The number of rotatable bonds is 6. The van der Waals surface area contributed by atoms with Crippen LogP contribution in [-0.4, -0.2) is 72.2 Å². The second kappa shape index (κ2) is 7.99. The molecule has 24 heavy (non-hydrogen) atoms. The van der Waals surface area contributed by atoms with E-state index in [9.17, 15) is 9.90 Å². The molecule has 0 spiro atoms. The number of nitrogens with zero attached hydrogens (tertiary/aromatic N) is 3. The number of piperazine rings is 1. The van der Waals surface area contributed by atoms with Crippen LogP contribution < -0.4 is 4.90 Å². The van der Waals surface area contributed by atoms with E-state index in [4.69, 9.17) is 0 Å². The lowest BCUT2D eigenvalue weighted by molar-refractivity contribution is 0.0314. The van der Waals surface area contributed by atoms with Gasteiger partial charge in [-0.15, -0.1) is 0 Å². The van der Waals surface area contributed by atoms with Crippen LogP contribution in [0.25, 0.3) is 0 Å². The number of benzene rings is 1. The molecule has 0 aliphatic carbocycles. The van der Waals surface area contributed by atoms with Crippen molar-refractivity contribution < 1.29 is 9.90 Å². The first-order valence-corrected chi connectivity index (χ1v) is 8.93. The fourth-order valence-electron chi connectivity index (χ4n) is 3.11. The number of hydrogen-bond acceptors (Lipinski definition) is 4. The maximum absolute atomic E-state index is 12.6. The monoisotopic (exact) mass is 333 g/mol. The van der Waals surface area contributed by atoms with Gasteiger partial charge in [-0.25, -0.2) is 0 Å². The van der Waals surface area contributed by atoms with Crippen molar-refractivity contribution in [2.24, 2.45) is 0 Å². The molecule has 1 aliphatic heterocycles. The van der Waals surface area contributed by atoms with Crippen LogP contribution in [0.2, 0.25) is 0 Å². The molecule has 0 aromatic heterocycles. The topological polar surface area (TPSA) is 47.0 Å². The van der Waals surface area contributed by atoms with Crippen molar-refractivity contribution in [1.29, 1.82) is 0 Å². The Labute approximate surface area is 145 Å². The van der Waals surface area contributed by atoms with Crippen LogP contribution in [0.5, 0.6) is 0 Å². The predicted octanol–water partition coefficient (Wildman–Crippen LogP) is 2.06. The fraction of sp³-hybridized carbons (Fsp3) is 0.632. The molecule has 1 amide bonds. The van der Waals surface area contributed by atoms with Gasteiger partial charge < -0.3 is 19.8 Å². The van der Waals surface area contributed by atoms with Crippen LogP contribution in [-0.2, 0) is 0 Å². The van der Waals surface area contributed by atoms with Crippen molar-refractivity contribution in [1.82, 2.24) is 9.80 Å². The molecule has 0 atom stereocenters. The van der Waals surface area contributed by atoms with E-state index in [1.165, 1.54) is 5.69 Å². The number of carbonyl (C=O) groups excluding carboxylic acids is 1. The van der Waals surface area contributed by atoms with Gasteiger partial charge in [-0.3, -0.25) is 4.79 Å². The Bertz CT molecular complexity index is 529. The largest absolute Gasteiger partial charge is 0.389 e. The molecule has 0 bridgehead atoms. The van der Waals surface area contributed by atoms with Gasteiger partial charge in [0.25, 0.3) is 5.91 Å². The maximum Gasteiger partial charge on any atom is 0.253 e. The molecule has 1 fully saturated rings. The van der Waals surface area contributed by atoms with Crippen LogP contribution >= 0.6 is 0 Å². The highest BCUT2D eigenvalue weighted by atomic mass is 16.3.